The van der Waals surface area contributed by atoms with Crippen molar-refractivity contribution >= 4 is 12.4 Å². The van der Waals surface area contributed by atoms with Gasteiger partial charge in [-0.3, -0.25) is 0 Å². The van der Waals surface area contributed by atoms with Crippen LogP contribution in [0.3, 0.4) is 0 Å². The highest BCUT2D eigenvalue weighted by molar-refractivity contribution is 5.85. The maximum atomic E-state index is 9.67. The predicted molar refractivity (Wildman–Crippen MR) is 47.0 cm³/mol. The van der Waals surface area contributed by atoms with Gasteiger partial charge in [-0.15, -0.1) is 12.4 Å². The Kier molecular flexibility index (Phi) is 2.47. The molecule has 1 heterocycles. The molecule has 66 valence electrons. The molecule has 2 fully saturated rings. The van der Waals surface area contributed by atoms with Gasteiger partial charge in [-0.05, 0) is 44.7 Å². The van der Waals surface area contributed by atoms with Gasteiger partial charge in [-0.25, -0.2) is 0 Å². The van der Waals surface area contributed by atoms with Gasteiger partial charge in [-0.1, -0.05) is 0 Å². The zero-order valence-electron chi connectivity index (χ0n) is 6.84. The van der Waals surface area contributed by atoms with Crippen molar-refractivity contribution in [2.75, 3.05) is 13.1 Å². The van der Waals surface area contributed by atoms with E-state index in [1.807, 2.05) is 6.92 Å². The second-order valence-corrected chi connectivity index (χ2v) is 4.08. The maximum absolute atomic E-state index is 9.67. The molecule has 2 nitrogen and oxygen atoms in total. The highest BCUT2D eigenvalue weighted by Crippen LogP contribution is 2.40. The third-order valence-electron chi connectivity index (χ3n) is 2.88. The van der Waals surface area contributed by atoms with Crippen LogP contribution in [0.1, 0.15) is 19.8 Å². The molecule has 2 N–H and O–H groups in total. The van der Waals surface area contributed by atoms with Crippen LogP contribution >= 0.6 is 12.4 Å². The summed E-state index contributed by atoms with van der Waals surface area (Å²) in [7, 11) is 0. The number of fused-ring (bicyclic) bond motifs is 1. The zero-order chi connectivity index (χ0) is 7.19. The molecule has 0 radical (unpaired) electrons. The number of aliphatic hydroxyl groups is 1. The molecular weight excluding hydrogens is 162 g/mol. The van der Waals surface area contributed by atoms with E-state index < -0.39 is 0 Å². The van der Waals surface area contributed by atoms with Crippen LogP contribution in [0.15, 0.2) is 0 Å². The Bertz CT molecular complexity index is 135. The van der Waals surface area contributed by atoms with Crippen molar-refractivity contribution in [3.63, 3.8) is 0 Å². The van der Waals surface area contributed by atoms with Gasteiger partial charge in [0.2, 0.25) is 0 Å². The molecule has 0 aromatic heterocycles. The van der Waals surface area contributed by atoms with E-state index in [1.165, 1.54) is 0 Å². The number of rotatable bonds is 0. The van der Waals surface area contributed by atoms with Gasteiger partial charge in [0.1, 0.15) is 0 Å². The van der Waals surface area contributed by atoms with E-state index >= 15 is 0 Å². The highest BCUT2D eigenvalue weighted by atomic mass is 35.5. The molecular formula is C8H16ClNO. The van der Waals surface area contributed by atoms with E-state index in [2.05, 4.69) is 5.32 Å². The van der Waals surface area contributed by atoms with Crippen LogP contribution in [0.25, 0.3) is 0 Å². The summed E-state index contributed by atoms with van der Waals surface area (Å²) in [6.45, 7) is 4.22. The molecule has 1 aliphatic heterocycles. The Morgan fingerprint density at radius 3 is 2.18 bits per heavy atom. The summed E-state index contributed by atoms with van der Waals surface area (Å²) >= 11 is 0. The molecule has 1 saturated heterocycles. The van der Waals surface area contributed by atoms with Crippen molar-refractivity contribution in [2.45, 2.75) is 25.4 Å². The third-order valence-corrected chi connectivity index (χ3v) is 2.88. The van der Waals surface area contributed by atoms with Crippen molar-refractivity contribution in [3.05, 3.63) is 0 Å². The van der Waals surface area contributed by atoms with Crippen LogP contribution < -0.4 is 5.32 Å². The van der Waals surface area contributed by atoms with E-state index in [0.29, 0.717) is 0 Å². The summed E-state index contributed by atoms with van der Waals surface area (Å²) in [5.74, 6) is 1.52. The molecule has 0 amide bonds. The van der Waals surface area contributed by atoms with E-state index in [9.17, 15) is 5.11 Å². The van der Waals surface area contributed by atoms with Crippen LogP contribution in [0.2, 0.25) is 0 Å². The van der Waals surface area contributed by atoms with E-state index in [4.69, 9.17) is 0 Å². The number of halogens is 1. The smallest absolute Gasteiger partial charge is 0.0626 e. The molecule has 11 heavy (non-hydrogen) atoms. The van der Waals surface area contributed by atoms with Crippen molar-refractivity contribution in [2.24, 2.45) is 11.8 Å². The Morgan fingerprint density at radius 2 is 1.73 bits per heavy atom. The lowest BCUT2D eigenvalue weighted by Crippen LogP contribution is -2.23. The minimum Gasteiger partial charge on any atom is -0.390 e. The fraction of sp³-hybridized carbons (Fsp3) is 1.00. The molecule has 0 aromatic carbocycles. The lowest BCUT2D eigenvalue weighted by molar-refractivity contribution is 0.0594. The van der Waals surface area contributed by atoms with Crippen molar-refractivity contribution in [1.29, 1.82) is 0 Å². The zero-order valence-corrected chi connectivity index (χ0v) is 7.66. The lowest BCUT2D eigenvalue weighted by atomic mass is 10.0. The summed E-state index contributed by atoms with van der Waals surface area (Å²) in [5.41, 5.74) is -0.350. The molecule has 1 saturated carbocycles. The minimum absolute atomic E-state index is 0. The quantitative estimate of drug-likeness (QED) is 0.574. The maximum Gasteiger partial charge on any atom is 0.0626 e. The average Bonchev–Trinajstić information content (AvgIpc) is 2.20. The third kappa shape index (κ3) is 1.68. The molecule has 0 aromatic rings. The topological polar surface area (TPSA) is 32.3 Å². The Hall–Kier alpha value is 0.210. The Balaban J connectivity index is 0.000000605. The van der Waals surface area contributed by atoms with Crippen LogP contribution in [0.5, 0.6) is 0 Å². The van der Waals surface area contributed by atoms with Gasteiger partial charge in [-0.2, -0.15) is 0 Å². The first-order chi connectivity index (χ1) is 4.67. The monoisotopic (exact) mass is 177 g/mol. The van der Waals surface area contributed by atoms with Crippen LogP contribution in [0, 0.1) is 11.8 Å². The van der Waals surface area contributed by atoms with Gasteiger partial charge in [0.25, 0.3) is 0 Å². The Morgan fingerprint density at radius 1 is 1.27 bits per heavy atom. The number of hydrogen-bond donors (Lipinski definition) is 2. The molecule has 2 aliphatic rings. The second kappa shape index (κ2) is 2.92. The molecule has 3 atom stereocenters. The van der Waals surface area contributed by atoms with Crippen LogP contribution in [0.4, 0.5) is 0 Å². The first-order valence-corrected chi connectivity index (χ1v) is 4.10. The largest absolute Gasteiger partial charge is 0.390 e. The lowest BCUT2D eigenvalue weighted by Gasteiger charge is -2.16. The average molecular weight is 178 g/mol. The summed E-state index contributed by atoms with van der Waals surface area (Å²) in [6.07, 6.45) is 2.01. The highest BCUT2D eigenvalue weighted by Gasteiger charge is 2.42. The first kappa shape index (κ1) is 9.30. The molecule has 0 bridgehead atoms. The van der Waals surface area contributed by atoms with Crippen LogP contribution in [-0.2, 0) is 0 Å². The predicted octanol–water partition coefficient (Wildman–Crippen LogP) is 0.789. The SMILES string of the molecule is CC1(O)C[C@H]2CNC[C@H]2C1.Cl. The minimum atomic E-state index is -0.350. The fourth-order valence-electron chi connectivity index (χ4n) is 2.48. The first-order valence-electron chi connectivity index (χ1n) is 4.10. The summed E-state index contributed by atoms with van der Waals surface area (Å²) in [5, 5.41) is 13.0. The Labute approximate surface area is 73.8 Å². The van der Waals surface area contributed by atoms with Gasteiger partial charge < -0.3 is 10.4 Å². The van der Waals surface area contributed by atoms with Crippen molar-refractivity contribution in [1.82, 2.24) is 5.32 Å². The molecule has 0 spiro atoms. The van der Waals surface area contributed by atoms with Gasteiger partial charge in [0.15, 0.2) is 0 Å². The van der Waals surface area contributed by atoms with E-state index in [0.717, 1.165) is 37.8 Å². The number of nitrogens with one attached hydrogen (secondary N) is 1. The number of hydrogen-bond acceptors (Lipinski definition) is 2. The van der Waals surface area contributed by atoms with Gasteiger partial charge in [0.05, 0.1) is 5.60 Å². The fourth-order valence-corrected chi connectivity index (χ4v) is 2.48. The molecule has 3 heteroatoms. The van der Waals surface area contributed by atoms with E-state index in [1.54, 1.807) is 0 Å². The van der Waals surface area contributed by atoms with Crippen LogP contribution in [-0.4, -0.2) is 23.8 Å². The summed E-state index contributed by atoms with van der Waals surface area (Å²) in [6, 6.07) is 0. The van der Waals surface area contributed by atoms with Gasteiger partial charge >= 0.3 is 0 Å². The van der Waals surface area contributed by atoms with Gasteiger partial charge in [0, 0.05) is 0 Å². The normalized spacial score (nSPS) is 48.5. The summed E-state index contributed by atoms with van der Waals surface area (Å²) in [4.78, 5) is 0. The molecule has 1 unspecified atom stereocenters. The molecule has 1 aliphatic carbocycles. The standard InChI is InChI=1S/C8H15NO.ClH/c1-8(10)2-6-4-9-5-7(6)3-8;/h6-7,9-10H,2-5H2,1H3;1H/t6-,7+,8?;. The summed E-state index contributed by atoms with van der Waals surface area (Å²) < 4.78 is 0. The van der Waals surface area contributed by atoms with E-state index in [-0.39, 0.29) is 18.0 Å². The second-order valence-electron chi connectivity index (χ2n) is 4.08. The van der Waals surface area contributed by atoms with Crippen molar-refractivity contribution in [3.8, 4) is 0 Å². The molecule has 2 rings (SSSR count). The van der Waals surface area contributed by atoms with Crippen molar-refractivity contribution < 1.29 is 5.11 Å².